The molecule has 0 unspecified atom stereocenters. The van der Waals surface area contributed by atoms with Gasteiger partial charge in [0.25, 0.3) is 0 Å². The standard InChI is InChI=1S/C27H30N8O3/c1-6-22-23(38-18-37-22)15-19(1)16-33-7-9-35(10-8-33)27-31-24-25(28-17-29-26(24)32-27)30-20-2-4-21(5-3-20)34-11-13-36-14-12-34/h1-6,15,17H,7-14,16,18H2,(H2,28,29,30,31,32). The van der Waals surface area contributed by atoms with Crippen molar-refractivity contribution in [2.45, 2.75) is 6.54 Å². The Morgan fingerprint density at radius 2 is 1.66 bits per heavy atom. The van der Waals surface area contributed by atoms with Crippen LogP contribution in [0, 0.1) is 0 Å². The van der Waals surface area contributed by atoms with Crippen molar-refractivity contribution in [3.63, 3.8) is 0 Å². The first-order valence-electron chi connectivity index (χ1n) is 13.0. The summed E-state index contributed by atoms with van der Waals surface area (Å²) in [4.78, 5) is 24.2. The molecule has 7 rings (SSSR count). The van der Waals surface area contributed by atoms with Crippen LogP contribution in [0.3, 0.4) is 0 Å². The first-order chi connectivity index (χ1) is 18.8. The van der Waals surface area contributed by atoms with Crippen molar-refractivity contribution in [2.75, 3.05) is 74.4 Å². The molecule has 11 nitrogen and oxygen atoms in total. The Bertz CT molecular complexity index is 1410. The number of rotatable bonds is 6. The number of nitrogens with zero attached hydrogens (tertiary/aromatic N) is 6. The largest absolute Gasteiger partial charge is 0.454 e. The molecule has 2 aromatic heterocycles. The van der Waals surface area contributed by atoms with Crippen molar-refractivity contribution in [3.05, 3.63) is 54.4 Å². The fourth-order valence-electron chi connectivity index (χ4n) is 5.19. The highest BCUT2D eigenvalue weighted by Crippen LogP contribution is 2.33. The van der Waals surface area contributed by atoms with Crippen LogP contribution in [0.2, 0.25) is 0 Å². The van der Waals surface area contributed by atoms with Gasteiger partial charge in [0.1, 0.15) is 11.8 Å². The van der Waals surface area contributed by atoms with Gasteiger partial charge in [0.2, 0.25) is 12.7 Å². The van der Waals surface area contributed by atoms with E-state index in [1.54, 1.807) is 6.33 Å². The van der Waals surface area contributed by atoms with Crippen LogP contribution in [0.5, 0.6) is 11.5 Å². The highest BCUT2D eigenvalue weighted by molar-refractivity contribution is 5.86. The molecule has 2 aromatic carbocycles. The Hall–Kier alpha value is -4.09. The molecule has 3 aliphatic rings. The molecule has 2 fully saturated rings. The van der Waals surface area contributed by atoms with Gasteiger partial charge in [-0.05, 0) is 42.0 Å². The van der Waals surface area contributed by atoms with E-state index in [9.17, 15) is 0 Å². The van der Waals surface area contributed by atoms with E-state index in [2.05, 4.69) is 71.4 Å². The minimum atomic E-state index is 0.303. The maximum Gasteiger partial charge on any atom is 0.231 e. The SMILES string of the molecule is c1nc(Nc2ccc(N3CCOCC3)cc2)c2[nH]c(N3CCN(Cc4ccc5c(c4)OCO5)CC3)nc2n1. The molecule has 3 aliphatic heterocycles. The summed E-state index contributed by atoms with van der Waals surface area (Å²) in [6, 6.07) is 14.6. The third-order valence-electron chi connectivity index (χ3n) is 7.30. The lowest BCUT2D eigenvalue weighted by molar-refractivity contribution is 0.122. The summed E-state index contributed by atoms with van der Waals surface area (Å²) < 4.78 is 16.4. The Balaban J connectivity index is 1.00. The normalized spacial score (nSPS) is 17.8. The van der Waals surface area contributed by atoms with Crippen molar-refractivity contribution in [3.8, 4) is 11.5 Å². The number of aromatic amines is 1. The van der Waals surface area contributed by atoms with Crippen LogP contribution in [0.15, 0.2) is 48.8 Å². The number of ether oxygens (including phenoxy) is 3. The van der Waals surface area contributed by atoms with E-state index in [-0.39, 0.29) is 0 Å². The molecule has 4 aromatic rings. The first kappa shape index (κ1) is 23.1. The Kier molecular flexibility index (Phi) is 6.06. The third-order valence-corrected chi connectivity index (χ3v) is 7.30. The number of imidazole rings is 1. The molecule has 0 radical (unpaired) electrons. The molecule has 5 heterocycles. The Morgan fingerprint density at radius 1 is 0.842 bits per heavy atom. The van der Waals surface area contributed by atoms with Gasteiger partial charge >= 0.3 is 0 Å². The first-order valence-corrected chi connectivity index (χ1v) is 13.0. The summed E-state index contributed by atoms with van der Waals surface area (Å²) in [6.07, 6.45) is 1.56. The van der Waals surface area contributed by atoms with Gasteiger partial charge in [-0.15, -0.1) is 0 Å². The van der Waals surface area contributed by atoms with E-state index in [0.29, 0.717) is 18.3 Å². The Labute approximate surface area is 220 Å². The predicted molar refractivity (Wildman–Crippen MR) is 144 cm³/mol. The summed E-state index contributed by atoms with van der Waals surface area (Å²) in [5.74, 6) is 3.20. The molecule has 38 heavy (non-hydrogen) atoms. The van der Waals surface area contributed by atoms with Crippen LogP contribution >= 0.6 is 0 Å². The number of anilines is 4. The van der Waals surface area contributed by atoms with Crippen LogP contribution in [-0.4, -0.2) is 84.1 Å². The maximum atomic E-state index is 5.53. The van der Waals surface area contributed by atoms with E-state index in [1.807, 2.05) is 6.07 Å². The van der Waals surface area contributed by atoms with Gasteiger partial charge in [0, 0.05) is 57.2 Å². The topological polar surface area (TPSA) is 104 Å². The molecule has 0 saturated carbocycles. The lowest BCUT2D eigenvalue weighted by Gasteiger charge is -2.34. The zero-order valence-corrected chi connectivity index (χ0v) is 21.1. The number of hydrogen-bond acceptors (Lipinski definition) is 10. The van der Waals surface area contributed by atoms with Gasteiger partial charge in [-0.1, -0.05) is 6.07 Å². The summed E-state index contributed by atoms with van der Waals surface area (Å²) in [5.41, 5.74) is 4.87. The summed E-state index contributed by atoms with van der Waals surface area (Å²) in [5, 5.41) is 3.43. The molecule has 2 N–H and O–H groups in total. The Morgan fingerprint density at radius 3 is 2.50 bits per heavy atom. The number of hydrogen-bond donors (Lipinski definition) is 2. The fourth-order valence-corrected chi connectivity index (χ4v) is 5.19. The third kappa shape index (κ3) is 4.66. The van der Waals surface area contributed by atoms with Crippen molar-refractivity contribution >= 4 is 34.3 Å². The summed E-state index contributed by atoms with van der Waals surface area (Å²) in [7, 11) is 0. The van der Waals surface area contributed by atoms with E-state index in [4.69, 9.17) is 19.2 Å². The predicted octanol–water partition coefficient (Wildman–Crippen LogP) is 2.98. The van der Waals surface area contributed by atoms with Crippen LogP contribution in [0.1, 0.15) is 5.56 Å². The monoisotopic (exact) mass is 514 g/mol. The maximum absolute atomic E-state index is 5.53. The molecule has 0 aliphatic carbocycles. The molecule has 0 spiro atoms. The van der Waals surface area contributed by atoms with E-state index < -0.39 is 0 Å². The summed E-state index contributed by atoms with van der Waals surface area (Å²) in [6.45, 7) is 8.22. The number of fused-ring (bicyclic) bond motifs is 2. The highest BCUT2D eigenvalue weighted by atomic mass is 16.7. The molecule has 11 heteroatoms. The van der Waals surface area contributed by atoms with E-state index in [1.165, 1.54) is 11.3 Å². The van der Waals surface area contributed by atoms with E-state index in [0.717, 1.165) is 87.7 Å². The van der Waals surface area contributed by atoms with Gasteiger partial charge in [0.05, 0.1) is 13.2 Å². The second-order valence-corrected chi connectivity index (χ2v) is 9.70. The second-order valence-electron chi connectivity index (χ2n) is 9.70. The number of nitrogens with one attached hydrogen (secondary N) is 2. The van der Waals surface area contributed by atoms with Crippen molar-refractivity contribution < 1.29 is 14.2 Å². The molecule has 0 amide bonds. The minimum absolute atomic E-state index is 0.303. The van der Waals surface area contributed by atoms with Gasteiger partial charge in [-0.25, -0.2) is 9.97 Å². The second kappa shape index (κ2) is 9.99. The average Bonchev–Trinajstić information content (AvgIpc) is 3.62. The fraction of sp³-hybridized carbons (Fsp3) is 0.370. The van der Waals surface area contributed by atoms with Gasteiger partial charge in [0.15, 0.2) is 23.0 Å². The van der Waals surface area contributed by atoms with Crippen molar-refractivity contribution in [2.24, 2.45) is 0 Å². The average molecular weight is 515 g/mol. The van der Waals surface area contributed by atoms with Gasteiger partial charge in [-0.2, -0.15) is 4.98 Å². The number of benzene rings is 2. The lowest BCUT2D eigenvalue weighted by Crippen LogP contribution is -2.46. The van der Waals surface area contributed by atoms with Crippen LogP contribution in [-0.2, 0) is 11.3 Å². The molecule has 196 valence electrons. The molecular weight excluding hydrogens is 484 g/mol. The zero-order valence-electron chi connectivity index (χ0n) is 21.1. The quantitative estimate of drug-likeness (QED) is 0.399. The molecular formula is C27H30N8O3. The molecule has 0 bridgehead atoms. The van der Waals surface area contributed by atoms with Crippen LogP contribution in [0.25, 0.3) is 11.2 Å². The van der Waals surface area contributed by atoms with Crippen molar-refractivity contribution in [1.29, 1.82) is 0 Å². The number of aromatic nitrogens is 4. The highest BCUT2D eigenvalue weighted by Gasteiger charge is 2.22. The zero-order chi connectivity index (χ0) is 25.3. The number of piperazine rings is 1. The van der Waals surface area contributed by atoms with Crippen LogP contribution in [0.4, 0.5) is 23.1 Å². The van der Waals surface area contributed by atoms with Gasteiger partial charge < -0.3 is 34.3 Å². The lowest BCUT2D eigenvalue weighted by atomic mass is 10.1. The smallest absolute Gasteiger partial charge is 0.231 e. The van der Waals surface area contributed by atoms with Crippen LogP contribution < -0.4 is 24.6 Å². The van der Waals surface area contributed by atoms with Crippen molar-refractivity contribution in [1.82, 2.24) is 24.8 Å². The molecule has 2 saturated heterocycles. The van der Waals surface area contributed by atoms with Gasteiger partial charge in [-0.3, -0.25) is 4.90 Å². The van der Waals surface area contributed by atoms with E-state index >= 15 is 0 Å². The number of morpholine rings is 1. The summed E-state index contributed by atoms with van der Waals surface area (Å²) >= 11 is 0. The number of H-pyrrole nitrogens is 1. The molecule has 0 atom stereocenters. The minimum Gasteiger partial charge on any atom is -0.454 e.